The van der Waals surface area contributed by atoms with Crippen LogP contribution in [0.1, 0.15) is 5.56 Å². The third-order valence-corrected chi connectivity index (χ3v) is 3.43. The van der Waals surface area contributed by atoms with Gasteiger partial charge >= 0.3 is 5.97 Å². The fraction of sp³-hybridized carbons (Fsp3) is 0.222. The fourth-order valence-corrected chi connectivity index (χ4v) is 2.20. The molecule has 1 N–H and O–H groups in total. The fourth-order valence-electron chi connectivity index (χ4n) is 0.861. The second-order valence-corrected chi connectivity index (χ2v) is 4.49. The number of rotatable bonds is 3. The highest BCUT2D eigenvalue weighted by molar-refractivity contribution is 9.10. The number of hydrogen-bond donors (Lipinski definition) is 1. The van der Waals surface area contributed by atoms with Crippen LogP contribution in [0.2, 0.25) is 0 Å². The second-order valence-electron chi connectivity index (χ2n) is 2.62. The summed E-state index contributed by atoms with van der Waals surface area (Å²) in [7, 11) is 0. The summed E-state index contributed by atoms with van der Waals surface area (Å²) in [6, 6.07) is 5.88. The van der Waals surface area contributed by atoms with Crippen LogP contribution in [0.4, 0.5) is 0 Å². The van der Waals surface area contributed by atoms with Gasteiger partial charge in [0.15, 0.2) is 0 Å². The summed E-state index contributed by atoms with van der Waals surface area (Å²) in [6.45, 7) is 1.98. The van der Waals surface area contributed by atoms with E-state index in [1.165, 1.54) is 11.8 Å². The molecule has 0 aliphatic carbocycles. The van der Waals surface area contributed by atoms with Gasteiger partial charge in [0, 0.05) is 9.37 Å². The summed E-state index contributed by atoms with van der Waals surface area (Å²) in [5, 5.41) is 8.50. The van der Waals surface area contributed by atoms with E-state index in [-0.39, 0.29) is 5.75 Å². The van der Waals surface area contributed by atoms with Crippen LogP contribution in [0.3, 0.4) is 0 Å². The van der Waals surface area contributed by atoms with E-state index in [0.29, 0.717) is 0 Å². The lowest BCUT2D eigenvalue weighted by Crippen LogP contribution is -1.97. The van der Waals surface area contributed by atoms with Crippen molar-refractivity contribution in [3.8, 4) is 0 Å². The van der Waals surface area contributed by atoms with E-state index in [9.17, 15) is 4.79 Å². The number of hydrogen-bond acceptors (Lipinski definition) is 2. The Morgan fingerprint density at radius 1 is 1.62 bits per heavy atom. The summed E-state index contributed by atoms with van der Waals surface area (Å²) in [6.07, 6.45) is 0. The van der Waals surface area contributed by atoms with Crippen molar-refractivity contribution >= 4 is 33.7 Å². The van der Waals surface area contributed by atoms with Gasteiger partial charge in [-0.25, -0.2) is 0 Å². The zero-order valence-corrected chi connectivity index (χ0v) is 9.48. The molecule has 0 bridgehead atoms. The van der Waals surface area contributed by atoms with Crippen LogP contribution in [0.5, 0.6) is 0 Å². The third kappa shape index (κ3) is 3.40. The lowest BCUT2D eigenvalue weighted by molar-refractivity contribution is -0.133. The number of carboxylic acid groups (broad SMARTS) is 1. The van der Waals surface area contributed by atoms with Crippen molar-refractivity contribution in [2.45, 2.75) is 11.8 Å². The van der Waals surface area contributed by atoms with Gasteiger partial charge in [0.05, 0.1) is 5.75 Å². The number of halogens is 1. The quantitative estimate of drug-likeness (QED) is 0.850. The molecule has 1 rings (SSSR count). The van der Waals surface area contributed by atoms with Crippen LogP contribution in [-0.2, 0) is 4.79 Å². The standard InChI is InChI=1S/C9H9BrO2S/c1-6-2-3-7(10)8(4-6)13-5-9(11)12/h2-4H,5H2,1H3,(H,11,12). The molecule has 0 aromatic heterocycles. The van der Waals surface area contributed by atoms with Crippen molar-refractivity contribution < 1.29 is 9.90 Å². The number of aryl methyl sites for hydroxylation is 1. The third-order valence-electron chi connectivity index (χ3n) is 1.44. The van der Waals surface area contributed by atoms with Gasteiger partial charge < -0.3 is 5.11 Å². The van der Waals surface area contributed by atoms with Gasteiger partial charge in [-0.15, -0.1) is 11.8 Å². The Labute approximate surface area is 89.5 Å². The van der Waals surface area contributed by atoms with Crippen molar-refractivity contribution in [3.05, 3.63) is 28.2 Å². The monoisotopic (exact) mass is 260 g/mol. The minimum atomic E-state index is -0.793. The molecule has 4 heteroatoms. The molecule has 2 nitrogen and oxygen atoms in total. The minimum Gasteiger partial charge on any atom is -0.481 e. The van der Waals surface area contributed by atoms with E-state index in [1.807, 2.05) is 25.1 Å². The summed E-state index contributed by atoms with van der Waals surface area (Å²) in [5.74, 6) is -0.694. The van der Waals surface area contributed by atoms with E-state index in [4.69, 9.17) is 5.11 Å². The molecule has 1 aromatic rings. The van der Waals surface area contributed by atoms with Gasteiger partial charge in [-0.3, -0.25) is 4.79 Å². The second kappa shape index (κ2) is 4.67. The normalized spacial score (nSPS) is 10.0. The molecule has 0 heterocycles. The molecule has 0 atom stereocenters. The Bertz CT molecular complexity index is 325. The van der Waals surface area contributed by atoms with E-state index >= 15 is 0 Å². The average Bonchev–Trinajstić information content (AvgIpc) is 2.06. The smallest absolute Gasteiger partial charge is 0.313 e. The van der Waals surface area contributed by atoms with Crippen molar-refractivity contribution in [3.63, 3.8) is 0 Å². The van der Waals surface area contributed by atoms with Crippen molar-refractivity contribution in [1.82, 2.24) is 0 Å². The summed E-state index contributed by atoms with van der Waals surface area (Å²) >= 11 is 4.69. The van der Waals surface area contributed by atoms with Crippen LogP contribution in [0.15, 0.2) is 27.6 Å². The van der Waals surface area contributed by atoms with Crippen LogP contribution < -0.4 is 0 Å². The van der Waals surface area contributed by atoms with Gasteiger partial charge in [-0.05, 0) is 40.5 Å². The molecule has 0 aliphatic rings. The molecule has 0 aliphatic heterocycles. The summed E-state index contributed by atoms with van der Waals surface area (Å²) < 4.78 is 0.948. The Morgan fingerprint density at radius 2 is 2.31 bits per heavy atom. The predicted octanol–water partition coefficient (Wildman–Crippen LogP) is 2.93. The molecule has 0 spiro atoms. The lowest BCUT2D eigenvalue weighted by atomic mass is 10.2. The number of thioether (sulfide) groups is 1. The van der Waals surface area contributed by atoms with Crippen molar-refractivity contribution in [2.24, 2.45) is 0 Å². The first kappa shape index (κ1) is 10.6. The SMILES string of the molecule is Cc1ccc(Br)c(SCC(=O)O)c1. The number of aliphatic carboxylic acids is 1. The number of benzene rings is 1. The molecule has 1 aromatic carbocycles. The molecule has 0 amide bonds. The molecule has 0 saturated heterocycles. The predicted molar refractivity (Wildman–Crippen MR) is 57.2 cm³/mol. The van der Waals surface area contributed by atoms with Gasteiger partial charge in [0.2, 0.25) is 0 Å². The Kier molecular flexibility index (Phi) is 3.81. The highest BCUT2D eigenvalue weighted by Crippen LogP contribution is 2.28. The Hall–Kier alpha value is -0.480. The van der Waals surface area contributed by atoms with Crippen molar-refractivity contribution in [2.75, 3.05) is 5.75 Å². The minimum absolute atomic E-state index is 0.0993. The maximum atomic E-state index is 10.3. The Morgan fingerprint density at radius 3 is 2.92 bits per heavy atom. The van der Waals surface area contributed by atoms with E-state index in [0.717, 1.165) is 14.9 Å². The topological polar surface area (TPSA) is 37.3 Å². The van der Waals surface area contributed by atoms with Crippen LogP contribution in [0.25, 0.3) is 0 Å². The summed E-state index contributed by atoms with van der Waals surface area (Å²) in [4.78, 5) is 11.3. The first-order chi connectivity index (χ1) is 6.09. The zero-order chi connectivity index (χ0) is 9.84. The summed E-state index contributed by atoms with van der Waals surface area (Å²) in [5.41, 5.74) is 1.14. The van der Waals surface area contributed by atoms with Crippen LogP contribution in [-0.4, -0.2) is 16.8 Å². The van der Waals surface area contributed by atoms with Crippen LogP contribution >= 0.6 is 27.7 Å². The first-order valence-corrected chi connectivity index (χ1v) is 5.48. The van der Waals surface area contributed by atoms with Gasteiger partial charge in [-0.1, -0.05) is 6.07 Å². The number of carboxylic acids is 1. The van der Waals surface area contributed by atoms with Gasteiger partial charge in [0.25, 0.3) is 0 Å². The van der Waals surface area contributed by atoms with Gasteiger partial charge in [-0.2, -0.15) is 0 Å². The lowest BCUT2D eigenvalue weighted by Gasteiger charge is -2.02. The van der Waals surface area contributed by atoms with E-state index < -0.39 is 5.97 Å². The average molecular weight is 261 g/mol. The molecule has 0 fully saturated rings. The molecule has 0 radical (unpaired) electrons. The Balaban J connectivity index is 2.75. The molecular formula is C9H9BrO2S. The van der Waals surface area contributed by atoms with E-state index in [1.54, 1.807) is 0 Å². The molecule has 13 heavy (non-hydrogen) atoms. The molecule has 70 valence electrons. The highest BCUT2D eigenvalue weighted by Gasteiger charge is 2.03. The maximum Gasteiger partial charge on any atom is 0.313 e. The maximum absolute atomic E-state index is 10.3. The van der Waals surface area contributed by atoms with E-state index in [2.05, 4.69) is 15.9 Å². The highest BCUT2D eigenvalue weighted by atomic mass is 79.9. The molecule has 0 unspecified atom stereocenters. The number of carbonyl (C=O) groups is 1. The van der Waals surface area contributed by atoms with Gasteiger partial charge in [0.1, 0.15) is 0 Å². The zero-order valence-electron chi connectivity index (χ0n) is 7.08. The molecular weight excluding hydrogens is 252 g/mol. The first-order valence-electron chi connectivity index (χ1n) is 3.70. The molecule has 0 saturated carbocycles. The van der Waals surface area contributed by atoms with Crippen LogP contribution in [0, 0.1) is 6.92 Å². The van der Waals surface area contributed by atoms with Crippen molar-refractivity contribution in [1.29, 1.82) is 0 Å². The largest absolute Gasteiger partial charge is 0.481 e.